The zero-order valence-corrected chi connectivity index (χ0v) is 11.4. The smallest absolute Gasteiger partial charge is 0.146 e. The molecule has 19 heavy (non-hydrogen) atoms. The first kappa shape index (κ1) is 13.4. The van der Waals surface area contributed by atoms with Gasteiger partial charge < -0.3 is 10.4 Å². The molecule has 2 N–H and O–H groups in total. The molecule has 0 spiro atoms. The molecule has 2 aromatic carbocycles. The van der Waals surface area contributed by atoms with Crippen LogP contribution in [0.15, 0.2) is 36.4 Å². The Morgan fingerprint density at radius 3 is 2.37 bits per heavy atom. The molecule has 0 aliphatic rings. The average Bonchev–Trinajstić information content (AvgIpc) is 2.35. The van der Waals surface area contributed by atoms with Gasteiger partial charge in [0.2, 0.25) is 0 Å². The maximum absolute atomic E-state index is 13.8. The van der Waals surface area contributed by atoms with Crippen molar-refractivity contribution in [3.8, 4) is 5.75 Å². The van der Waals surface area contributed by atoms with Crippen molar-refractivity contribution in [1.29, 1.82) is 0 Å². The van der Waals surface area contributed by atoms with Gasteiger partial charge in [0, 0.05) is 5.56 Å². The largest absolute Gasteiger partial charge is 0.508 e. The number of hydrogen-bond donors (Lipinski definition) is 2. The summed E-state index contributed by atoms with van der Waals surface area (Å²) < 4.78 is 13.8. The molecule has 0 radical (unpaired) electrons. The Morgan fingerprint density at radius 1 is 1.05 bits per heavy atom. The van der Waals surface area contributed by atoms with Gasteiger partial charge in [-0.2, -0.15) is 0 Å². The van der Waals surface area contributed by atoms with Crippen molar-refractivity contribution in [2.24, 2.45) is 0 Å². The van der Waals surface area contributed by atoms with Crippen LogP contribution < -0.4 is 5.32 Å². The Balaban J connectivity index is 2.25. The highest BCUT2D eigenvalue weighted by Gasteiger charge is 2.12. The molecule has 2 aromatic rings. The van der Waals surface area contributed by atoms with Crippen molar-refractivity contribution >= 4 is 5.69 Å². The molecule has 0 fully saturated rings. The second kappa shape index (κ2) is 5.31. The van der Waals surface area contributed by atoms with Gasteiger partial charge in [-0.1, -0.05) is 23.8 Å². The molecule has 0 amide bonds. The molecule has 2 rings (SSSR count). The molecule has 2 nitrogen and oxygen atoms in total. The first-order valence-corrected chi connectivity index (χ1v) is 6.29. The number of nitrogens with one attached hydrogen (secondary N) is 1. The second-order valence-electron chi connectivity index (χ2n) is 4.91. The number of halogens is 1. The number of rotatable bonds is 3. The van der Waals surface area contributed by atoms with Crippen molar-refractivity contribution in [2.75, 3.05) is 5.32 Å². The lowest BCUT2D eigenvalue weighted by Gasteiger charge is -2.18. The quantitative estimate of drug-likeness (QED) is 0.860. The van der Waals surface area contributed by atoms with Gasteiger partial charge in [-0.25, -0.2) is 4.39 Å². The van der Waals surface area contributed by atoms with Crippen LogP contribution >= 0.6 is 0 Å². The molecular formula is C16H18FNO. The third-order valence-corrected chi connectivity index (χ3v) is 3.15. The summed E-state index contributed by atoms with van der Waals surface area (Å²) in [5, 5.41) is 12.9. The zero-order valence-electron chi connectivity index (χ0n) is 11.4. The molecule has 0 aromatic heterocycles. The molecule has 3 heteroatoms. The summed E-state index contributed by atoms with van der Waals surface area (Å²) in [7, 11) is 0. The van der Waals surface area contributed by atoms with Crippen LogP contribution in [0.25, 0.3) is 0 Å². The molecule has 0 aliphatic heterocycles. The monoisotopic (exact) mass is 259 g/mol. The summed E-state index contributed by atoms with van der Waals surface area (Å²) in [6.07, 6.45) is 0. The van der Waals surface area contributed by atoms with Crippen LogP contribution in [0.3, 0.4) is 0 Å². The van der Waals surface area contributed by atoms with Crippen molar-refractivity contribution in [1.82, 2.24) is 0 Å². The van der Waals surface area contributed by atoms with E-state index >= 15 is 0 Å². The number of hydrogen-bond acceptors (Lipinski definition) is 2. The third-order valence-electron chi connectivity index (χ3n) is 3.15. The summed E-state index contributed by atoms with van der Waals surface area (Å²) in [6.45, 7) is 5.71. The van der Waals surface area contributed by atoms with E-state index in [0.717, 1.165) is 16.7 Å². The fourth-order valence-electron chi connectivity index (χ4n) is 2.07. The Bertz CT molecular complexity index is 595. The van der Waals surface area contributed by atoms with Gasteiger partial charge >= 0.3 is 0 Å². The van der Waals surface area contributed by atoms with Crippen LogP contribution in [0.1, 0.15) is 29.7 Å². The standard InChI is InChI=1S/C16H18FNO/c1-10-5-7-16(19)13(8-10)12(3)18-15-6-4-11(2)9-14(15)17/h4-9,12,18-19H,1-3H3. The lowest BCUT2D eigenvalue weighted by atomic mass is 10.0. The van der Waals surface area contributed by atoms with Gasteiger partial charge in [0.05, 0.1) is 11.7 Å². The molecule has 0 saturated carbocycles. The highest BCUT2D eigenvalue weighted by Crippen LogP contribution is 2.28. The topological polar surface area (TPSA) is 32.3 Å². The highest BCUT2D eigenvalue weighted by atomic mass is 19.1. The highest BCUT2D eigenvalue weighted by molar-refractivity contribution is 5.50. The number of aromatic hydroxyl groups is 1. The van der Waals surface area contributed by atoms with Gasteiger partial charge in [-0.05, 0) is 44.5 Å². The van der Waals surface area contributed by atoms with E-state index in [1.807, 2.05) is 39.0 Å². The maximum Gasteiger partial charge on any atom is 0.146 e. The fraction of sp³-hybridized carbons (Fsp3) is 0.250. The van der Waals surface area contributed by atoms with Crippen LogP contribution in [-0.2, 0) is 0 Å². The maximum atomic E-state index is 13.8. The molecule has 100 valence electrons. The van der Waals surface area contributed by atoms with E-state index in [9.17, 15) is 9.50 Å². The van der Waals surface area contributed by atoms with Crippen molar-refractivity contribution < 1.29 is 9.50 Å². The summed E-state index contributed by atoms with van der Waals surface area (Å²) in [6, 6.07) is 10.3. The van der Waals surface area contributed by atoms with Crippen molar-refractivity contribution in [3.05, 3.63) is 58.9 Å². The minimum atomic E-state index is -0.279. The summed E-state index contributed by atoms with van der Waals surface area (Å²) in [5.74, 6) is -0.0582. The predicted octanol–water partition coefficient (Wildman–Crippen LogP) is 4.32. The lowest BCUT2D eigenvalue weighted by Crippen LogP contribution is -2.08. The molecule has 1 unspecified atom stereocenters. The van der Waals surface area contributed by atoms with E-state index in [4.69, 9.17) is 0 Å². The van der Waals surface area contributed by atoms with Gasteiger partial charge in [-0.3, -0.25) is 0 Å². The van der Waals surface area contributed by atoms with Gasteiger partial charge in [0.1, 0.15) is 11.6 Å². The molecule has 0 aliphatic carbocycles. The van der Waals surface area contributed by atoms with E-state index < -0.39 is 0 Å². The third kappa shape index (κ3) is 3.05. The number of benzene rings is 2. The first-order valence-electron chi connectivity index (χ1n) is 6.29. The molecule has 0 heterocycles. The summed E-state index contributed by atoms with van der Waals surface area (Å²) >= 11 is 0. The molecular weight excluding hydrogens is 241 g/mol. The van der Waals surface area contributed by atoms with Crippen LogP contribution in [0.4, 0.5) is 10.1 Å². The Morgan fingerprint density at radius 2 is 1.68 bits per heavy atom. The van der Waals surface area contributed by atoms with Crippen LogP contribution in [0.2, 0.25) is 0 Å². The van der Waals surface area contributed by atoms with E-state index in [2.05, 4.69) is 5.32 Å². The van der Waals surface area contributed by atoms with Crippen LogP contribution in [0, 0.1) is 19.7 Å². The SMILES string of the molecule is Cc1ccc(NC(C)c2cc(C)ccc2O)c(F)c1. The minimum absolute atomic E-state index is 0.169. The lowest BCUT2D eigenvalue weighted by molar-refractivity contribution is 0.465. The fourth-order valence-corrected chi connectivity index (χ4v) is 2.07. The van der Waals surface area contributed by atoms with Gasteiger partial charge in [-0.15, -0.1) is 0 Å². The minimum Gasteiger partial charge on any atom is -0.508 e. The van der Waals surface area contributed by atoms with Crippen LogP contribution in [0.5, 0.6) is 5.75 Å². The number of anilines is 1. The van der Waals surface area contributed by atoms with E-state index in [1.54, 1.807) is 12.1 Å². The number of phenolic OH excluding ortho intramolecular Hbond substituents is 1. The predicted molar refractivity (Wildman–Crippen MR) is 76.0 cm³/mol. The summed E-state index contributed by atoms with van der Waals surface area (Å²) in [5.41, 5.74) is 3.15. The second-order valence-corrected chi connectivity index (χ2v) is 4.91. The van der Waals surface area contributed by atoms with E-state index in [-0.39, 0.29) is 17.6 Å². The summed E-state index contributed by atoms with van der Waals surface area (Å²) in [4.78, 5) is 0. The zero-order chi connectivity index (χ0) is 14.0. The Labute approximate surface area is 112 Å². The van der Waals surface area contributed by atoms with E-state index in [1.165, 1.54) is 6.07 Å². The normalized spacial score (nSPS) is 12.2. The first-order chi connectivity index (χ1) is 8.97. The number of aryl methyl sites for hydroxylation is 2. The average molecular weight is 259 g/mol. The van der Waals surface area contributed by atoms with Gasteiger partial charge in [0.15, 0.2) is 0 Å². The molecule has 0 saturated heterocycles. The van der Waals surface area contributed by atoms with Crippen molar-refractivity contribution in [3.63, 3.8) is 0 Å². The Kier molecular flexibility index (Phi) is 3.74. The Hall–Kier alpha value is -2.03. The van der Waals surface area contributed by atoms with Gasteiger partial charge in [0.25, 0.3) is 0 Å². The molecule has 1 atom stereocenters. The van der Waals surface area contributed by atoms with Crippen LogP contribution in [-0.4, -0.2) is 5.11 Å². The van der Waals surface area contributed by atoms with Crippen molar-refractivity contribution in [2.45, 2.75) is 26.8 Å². The number of phenols is 1. The van der Waals surface area contributed by atoms with E-state index in [0.29, 0.717) is 5.69 Å². The molecule has 0 bridgehead atoms.